The average Bonchev–Trinajstić information content (AvgIpc) is 2.98. The van der Waals surface area contributed by atoms with E-state index in [1.807, 2.05) is 4.90 Å². The maximum Gasteiger partial charge on any atom is 0.285 e. The summed E-state index contributed by atoms with van der Waals surface area (Å²) in [5, 5.41) is 3.04. The molecular formula is C20H23ClN4O3S. The van der Waals surface area contributed by atoms with E-state index in [1.54, 1.807) is 42.5 Å². The van der Waals surface area contributed by atoms with Gasteiger partial charge >= 0.3 is 0 Å². The Kier molecular flexibility index (Phi) is 6.26. The number of carbonyl (C=O) groups is 1. The molecule has 2 aromatic rings. The number of amidine groups is 1. The third-order valence-electron chi connectivity index (χ3n) is 5.19. The van der Waals surface area contributed by atoms with Crippen molar-refractivity contribution in [3.05, 3.63) is 59.7 Å². The number of nitrogens with zero attached hydrogens (tertiary/aromatic N) is 2. The summed E-state index contributed by atoms with van der Waals surface area (Å²) in [4.78, 5) is 14.9. The minimum absolute atomic E-state index is 0. The molecule has 0 aliphatic carbocycles. The summed E-state index contributed by atoms with van der Waals surface area (Å²) >= 11 is 0. The zero-order chi connectivity index (χ0) is 19.7. The number of anilines is 1. The third kappa shape index (κ3) is 4.14. The topological polar surface area (TPSA) is 105 Å². The smallest absolute Gasteiger partial charge is 0.285 e. The summed E-state index contributed by atoms with van der Waals surface area (Å²) in [7, 11) is -3.67. The van der Waals surface area contributed by atoms with Crippen LogP contribution in [0.25, 0.3) is 0 Å². The predicted molar refractivity (Wildman–Crippen MR) is 115 cm³/mol. The van der Waals surface area contributed by atoms with Crippen LogP contribution in [0.3, 0.4) is 0 Å². The molecule has 154 valence electrons. The number of fused-ring (bicyclic) bond motifs is 1. The van der Waals surface area contributed by atoms with E-state index in [1.165, 1.54) is 6.07 Å². The van der Waals surface area contributed by atoms with Gasteiger partial charge in [-0.3, -0.25) is 4.79 Å². The molecule has 4 rings (SSSR count). The van der Waals surface area contributed by atoms with Crippen molar-refractivity contribution >= 4 is 39.9 Å². The summed E-state index contributed by atoms with van der Waals surface area (Å²) in [6.45, 7) is 1.20. The number of carbonyl (C=O) groups excluding carboxylic acids is 1. The van der Waals surface area contributed by atoms with Crippen LogP contribution in [0.15, 0.2) is 57.8 Å². The number of piperidine rings is 1. The van der Waals surface area contributed by atoms with Crippen LogP contribution in [-0.2, 0) is 10.0 Å². The molecule has 0 bridgehead atoms. The van der Waals surface area contributed by atoms with E-state index in [0.29, 0.717) is 23.4 Å². The lowest BCUT2D eigenvalue weighted by Crippen LogP contribution is -2.47. The Balaban J connectivity index is 0.00000240. The molecule has 0 aromatic heterocycles. The number of halogens is 1. The fraction of sp³-hybridized carbons (Fsp3) is 0.300. The molecule has 2 aromatic carbocycles. The summed E-state index contributed by atoms with van der Waals surface area (Å²) in [6.07, 6.45) is 3.03. The molecule has 7 nitrogen and oxygen atoms in total. The zero-order valence-corrected chi connectivity index (χ0v) is 17.4. The predicted octanol–water partition coefficient (Wildman–Crippen LogP) is 2.62. The van der Waals surface area contributed by atoms with E-state index in [2.05, 4.69) is 9.71 Å². The van der Waals surface area contributed by atoms with E-state index in [-0.39, 0.29) is 35.1 Å². The number of hydrogen-bond donors (Lipinski definition) is 2. The Labute approximate surface area is 176 Å². The monoisotopic (exact) mass is 434 g/mol. The maximum atomic E-state index is 12.8. The van der Waals surface area contributed by atoms with Crippen molar-refractivity contribution in [1.82, 2.24) is 4.90 Å². The van der Waals surface area contributed by atoms with Crippen molar-refractivity contribution < 1.29 is 13.2 Å². The highest BCUT2D eigenvalue weighted by molar-refractivity contribution is 7.90. The lowest BCUT2D eigenvalue weighted by Gasteiger charge is -2.35. The molecule has 1 amide bonds. The highest BCUT2D eigenvalue weighted by Crippen LogP contribution is 2.27. The van der Waals surface area contributed by atoms with Crippen LogP contribution in [0.2, 0.25) is 0 Å². The van der Waals surface area contributed by atoms with Crippen LogP contribution >= 0.6 is 12.4 Å². The molecule has 1 fully saturated rings. The van der Waals surface area contributed by atoms with Gasteiger partial charge < -0.3 is 16.0 Å². The van der Waals surface area contributed by atoms with Crippen LogP contribution in [-0.4, -0.2) is 44.2 Å². The van der Waals surface area contributed by atoms with Crippen LogP contribution in [0.1, 0.15) is 35.2 Å². The molecule has 2 heterocycles. The van der Waals surface area contributed by atoms with Crippen LogP contribution in [0.5, 0.6) is 0 Å². The fourth-order valence-corrected chi connectivity index (χ4v) is 4.88. The standard InChI is InChI=1S/C20H22N4O3S.ClH/c21-13-16-5-3-4-12-24(16)20(25)14-8-10-15(11-9-14)22-19-17-6-1-2-7-18(17)28(26,27)23-19;/h1-2,6-11,16H,3-5,12-13,21H2,(H,22,23);1H. The highest BCUT2D eigenvalue weighted by atomic mass is 35.5. The Bertz CT molecular complexity index is 1040. The first-order valence-corrected chi connectivity index (χ1v) is 10.8. The van der Waals surface area contributed by atoms with Crippen molar-refractivity contribution in [3.8, 4) is 0 Å². The Morgan fingerprint density at radius 2 is 1.86 bits per heavy atom. The van der Waals surface area contributed by atoms with Crippen molar-refractivity contribution in [2.24, 2.45) is 10.1 Å². The second kappa shape index (κ2) is 8.52. The van der Waals surface area contributed by atoms with E-state index < -0.39 is 10.0 Å². The minimum Gasteiger partial charge on any atom is -0.339 e. The van der Waals surface area contributed by atoms with Crippen molar-refractivity contribution in [2.75, 3.05) is 18.4 Å². The van der Waals surface area contributed by atoms with Crippen molar-refractivity contribution in [1.29, 1.82) is 0 Å². The van der Waals surface area contributed by atoms with Gasteiger partial charge in [-0.1, -0.05) is 12.1 Å². The van der Waals surface area contributed by atoms with Gasteiger partial charge in [-0.25, -0.2) is 0 Å². The number of hydrogen-bond acceptors (Lipinski definition) is 5. The van der Waals surface area contributed by atoms with E-state index in [0.717, 1.165) is 25.8 Å². The second-order valence-corrected chi connectivity index (χ2v) is 8.57. The minimum atomic E-state index is -3.67. The number of likely N-dealkylation sites (tertiary alicyclic amines) is 1. The number of benzene rings is 2. The first-order chi connectivity index (χ1) is 13.5. The largest absolute Gasteiger partial charge is 0.339 e. The first-order valence-electron chi connectivity index (χ1n) is 9.32. The molecule has 1 unspecified atom stereocenters. The van der Waals surface area contributed by atoms with Gasteiger partial charge in [0.15, 0.2) is 5.84 Å². The molecule has 29 heavy (non-hydrogen) atoms. The molecule has 1 atom stereocenters. The first kappa shape index (κ1) is 21.3. The zero-order valence-electron chi connectivity index (χ0n) is 15.7. The second-order valence-electron chi connectivity index (χ2n) is 7.00. The molecule has 9 heteroatoms. The van der Waals surface area contributed by atoms with Gasteiger partial charge in [0.1, 0.15) is 4.90 Å². The SMILES string of the molecule is Cl.NCC1CCCCN1C(=O)c1ccc(NC2=NS(=O)(=O)c3ccccc32)cc1. The third-order valence-corrected chi connectivity index (χ3v) is 6.52. The van der Waals surface area contributed by atoms with Crippen molar-refractivity contribution in [3.63, 3.8) is 0 Å². The number of amides is 1. The number of nitrogens with two attached hydrogens (primary N) is 1. The number of sulfonamides is 1. The van der Waals surface area contributed by atoms with Crippen LogP contribution in [0.4, 0.5) is 5.69 Å². The van der Waals surface area contributed by atoms with Gasteiger partial charge in [0.05, 0.1) is 0 Å². The molecule has 2 aliphatic heterocycles. The number of rotatable bonds is 3. The van der Waals surface area contributed by atoms with Gasteiger partial charge in [-0.2, -0.15) is 8.42 Å². The molecule has 0 saturated carbocycles. The van der Waals surface area contributed by atoms with Gasteiger partial charge in [0, 0.05) is 35.9 Å². The van der Waals surface area contributed by atoms with Crippen LogP contribution < -0.4 is 11.1 Å². The van der Waals surface area contributed by atoms with Gasteiger partial charge in [0.25, 0.3) is 15.9 Å². The van der Waals surface area contributed by atoms with E-state index in [9.17, 15) is 13.2 Å². The van der Waals surface area contributed by atoms with Gasteiger partial charge in [0.2, 0.25) is 0 Å². The summed E-state index contributed by atoms with van der Waals surface area (Å²) in [5.74, 6) is 0.265. The normalized spacial score (nSPS) is 19.7. The van der Waals surface area contributed by atoms with Crippen molar-refractivity contribution in [2.45, 2.75) is 30.2 Å². The lowest BCUT2D eigenvalue weighted by atomic mass is 10.0. The van der Waals surface area contributed by atoms with Gasteiger partial charge in [-0.15, -0.1) is 16.8 Å². The molecule has 3 N–H and O–H groups in total. The Morgan fingerprint density at radius 3 is 2.59 bits per heavy atom. The highest BCUT2D eigenvalue weighted by Gasteiger charge is 2.29. The molecule has 2 aliphatic rings. The fourth-order valence-electron chi connectivity index (χ4n) is 3.71. The Hall–Kier alpha value is -2.42. The maximum absolute atomic E-state index is 12.8. The van der Waals surface area contributed by atoms with E-state index in [4.69, 9.17) is 5.73 Å². The number of nitrogens with one attached hydrogen (secondary N) is 1. The molecule has 1 saturated heterocycles. The van der Waals surface area contributed by atoms with E-state index >= 15 is 0 Å². The lowest BCUT2D eigenvalue weighted by molar-refractivity contribution is 0.0623. The summed E-state index contributed by atoms with van der Waals surface area (Å²) in [6, 6.07) is 13.8. The molecule has 0 radical (unpaired) electrons. The summed E-state index contributed by atoms with van der Waals surface area (Å²) < 4.78 is 28.1. The average molecular weight is 435 g/mol. The molecular weight excluding hydrogens is 412 g/mol. The summed E-state index contributed by atoms with van der Waals surface area (Å²) in [5.41, 5.74) is 7.62. The molecule has 0 spiro atoms. The van der Waals surface area contributed by atoms with Gasteiger partial charge in [-0.05, 0) is 55.7 Å². The van der Waals surface area contributed by atoms with Crippen LogP contribution in [0, 0.1) is 0 Å². The quantitative estimate of drug-likeness (QED) is 0.772. The Morgan fingerprint density at radius 1 is 1.14 bits per heavy atom.